The van der Waals surface area contributed by atoms with Crippen molar-refractivity contribution in [3.05, 3.63) is 71.8 Å². The third kappa shape index (κ3) is 9.60. The number of hydrogen-bond acceptors (Lipinski definition) is 6. The predicted molar refractivity (Wildman–Crippen MR) is 143 cm³/mol. The summed E-state index contributed by atoms with van der Waals surface area (Å²) in [5, 5.41) is 21.1. The lowest BCUT2D eigenvalue weighted by molar-refractivity contribution is -0.135. The van der Waals surface area contributed by atoms with Crippen LogP contribution in [0.1, 0.15) is 36.7 Å². The fraction of sp³-hybridized carbons (Fsp3) is 0.429. The van der Waals surface area contributed by atoms with Gasteiger partial charge in [-0.1, -0.05) is 62.4 Å². The number of amides is 4. The molecular weight excluding hydrogens is 488 g/mol. The first-order chi connectivity index (χ1) is 18.1. The van der Waals surface area contributed by atoms with E-state index in [1.54, 1.807) is 44.2 Å². The summed E-state index contributed by atoms with van der Waals surface area (Å²) in [6.07, 6.45) is -1.27. The predicted octanol–water partition coefficient (Wildman–Crippen LogP) is 0.797. The van der Waals surface area contributed by atoms with Crippen LogP contribution in [0.4, 0.5) is 0 Å². The van der Waals surface area contributed by atoms with Crippen LogP contribution in [0.15, 0.2) is 60.7 Å². The molecule has 0 fully saturated rings. The van der Waals surface area contributed by atoms with Crippen molar-refractivity contribution in [3.63, 3.8) is 0 Å². The maximum atomic E-state index is 13.2. The minimum absolute atomic E-state index is 0.217. The second-order valence-electron chi connectivity index (χ2n) is 9.32. The number of ether oxygens (including phenoxy) is 1. The van der Waals surface area contributed by atoms with Gasteiger partial charge in [0.1, 0.15) is 12.1 Å². The molecule has 0 bridgehead atoms. The van der Waals surface area contributed by atoms with Crippen LogP contribution in [0.25, 0.3) is 0 Å². The van der Waals surface area contributed by atoms with Crippen LogP contribution >= 0.6 is 0 Å². The van der Waals surface area contributed by atoms with Gasteiger partial charge >= 0.3 is 0 Å². The van der Waals surface area contributed by atoms with Crippen molar-refractivity contribution in [2.24, 2.45) is 5.92 Å². The maximum absolute atomic E-state index is 13.2. The summed E-state index contributed by atoms with van der Waals surface area (Å²) in [6, 6.07) is 14.9. The first-order valence-corrected chi connectivity index (χ1v) is 12.6. The topological polar surface area (TPSA) is 146 Å². The molecule has 4 atom stereocenters. The Labute approximate surface area is 223 Å². The summed E-state index contributed by atoms with van der Waals surface area (Å²) >= 11 is 0. The quantitative estimate of drug-likeness (QED) is 0.230. The Morgan fingerprint density at radius 2 is 1.42 bits per heavy atom. The summed E-state index contributed by atoms with van der Waals surface area (Å²) in [5.41, 5.74) is 1.24. The van der Waals surface area contributed by atoms with E-state index >= 15 is 0 Å². The summed E-state index contributed by atoms with van der Waals surface area (Å²) in [6.45, 7) is 5.51. The van der Waals surface area contributed by atoms with E-state index in [1.807, 2.05) is 30.3 Å². The van der Waals surface area contributed by atoms with Gasteiger partial charge in [-0.15, -0.1) is 0 Å². The third-order valence-corrected chi connectivity index (χ3v) is 5.93. The van der Waals surface area contributed by atoms with E-state index in [0.29, 0.717) is 5.56 Å². The second kappa shape index (κ2) is 15.5. The number of benzene rings is 2. The lowest BCUT2D eigenvalue weighted by Crippen LogP contribution is -2.58. The molecule has 2 aromatic carbocycles. The lowest BCUT2D eigenvalue weighted by Gasteiger charge is -2.28. The highest BCUT2D eigenvalue weighted by Crippen LogP contribution is 2.09. The van der Waals surface area contributed by atoms with Crippen LogP contribution in [0, 0.1) is 5.92 Å². The first kappa shape index (κ1) is 30.5. The maximum Gasteiger partial charge on any atom is 0.251 e. The zero-order chi connectivity index (χ0) is 28.1. The number of carbonyl (C=O) groups excluding carboxylic acids is 4. The van der Waals surface area contributed by atoms with E-state index in [-0.39, 0.29) is 25.5 Å². The highest BCUT2D eigenvalue weighted by Gasteiger charge is 2.32. The Morgan fingerprint density at radius 1 is 0.816 bits per heavy atom. The normalized spacial score (nSPS) is 14.1. The van der Waals surface area contributed by atoms with E-state index < -0.39 is 47.9 Å². The Kier molecular flexibility index (Phi) is 12.4. The van der Waals surface area contributed by atoms with Crippen molar-refractivity contribution in [1.29, 1.82) is 0 Å². The molecule has 0 spiro atoms. The molecule has 4 amide bonds. The molecule has 4 unspecified atom stereocenters. The van der Waals surface area contributed by atoms with Gasteiger partial charge in [0.2, 0.25) is 11.8 Å². The van der Waals surface area contributed by atoms with Gasteiger partial charge in [-0.25, -0.2) is 0 Å². The van der Waals surface area contributed by atoms with Crippen LogP contribution in [0.5, 0.6) is 0 Å². The van der Waals surface area contributed by atoms with Gasteiger partial charge in [-0.3, -0.25) is 19.2 Å². The Balaban J connectivity index is 2.08. The van der Waals surface area contributed by atoms with Gasteiger partial charge in [-0.2, -0.15) is 0 Å². The Morgan fingerprint density at radius 3 is 2.00 bits per heavy atom. The number of aliphatic hydroxyl groups excluding tert-OH is 1. The molecule has 0 radical (unpaired) electrons. The van der Waals surface area contributed by atoms with E-state index in [1.165, 1.54) is 14.0 Å². The number of rotatable bonds is 14. The number of nitrogens with one attached hydrogen (secondary N) is 4. The highest BCUT2D eigenvalue weighted by atomic mass is 16.5. The minimum Gasteiger partial charge on any atom is -0.383 e. The van der Waals surface area contributed by atoms with E-state index in [9.17, 15) is 24.3 Å². The molecule has 0 aromatic heterocycles. The monoisotopic (exact) mass is 526 g/mol. The van der Waals surface area contributed by atoms with Crippen LogP contribution in [0.3, 0.4) is 0 Å². The molecule has 0 aliphatic heterocycles. The third-order valence-electron chi connectivity index (χ3n) is 5.93. The van der Waals surface area contributed by atoms with Gasteiger partial charge in [-0.05, 0) is 30.5 Å². The lowest BCUT2D eigenvalue weighted by atomic mass is 9.97. The minimum atomic E-state index is -1.49. The zero-order valence-corrected chi connectivity index (χ0v) is 22.3. The Bertz CT molecular complexity index is 1050. The van der Waals surface area contributed by atoms with Gasteiger partial charge in [0, 0.05) is 25.6 Å². The molecule has 10 nitrogen and oxygen atoms in total. The summed E-state index contributed by atoms with van der Waals surface area (Å²) in [7, 11) is 1.49. The van der Waals surface area contributed by atoms with Crippen molar-refractivity contribution in [2.45, 2.75) is 51.4 Å². The number of carbonyl (C=O) groups is 4. The number of aliphatic hydroxyl groups is 1. The van der Waals surface area contributed by atoms with E-state index in [0.717, 1.165) is 5.56 Å². The summed E-state index contributed by atoms with van der Waals surface area (Å²) in [5.74, 6) is -2.44. The summed E-state index contributed by atoms with van der Waals surface area (Å²) in [4.78, 5) is 51.2. The van der Waals surface area contributed by atoms with Crippen LogP contribution in [-0.4, -0.2) is 73.2 Å². The van der Waals surface area contributed by atoms with E-state index in [4.69, 9.17) is 4.74 Å². The molecule has 10 heteroatoms. The van der Waals surface area contributed by atoms with Crippen molar-refractivity contribution in [1.82, 2.24) is 21.3 Å². The molecule has 0 saturated heterocycles. The van der Waals surface area contributed by atoms with Crippen LogP contribution in [-0.2, 0) is 25.5 Å². The zero-order valence-electron chi connectivity index (χ0n) is 22.3. The highest BCUT2D eigenvalue weighted by molar-refractivity contribution is 5.98. The second-order valence-corrected chi connectivity index (χ2v) is 9.32. The van der Waals surface area contributed by atoms with Gasteiger partial charge in [0.15, 0.2) is 6.10 Å². The molecule has 38 heavy (non-hydrogen) atoms. The summed E-state index contributed by atoms with van der Waals surface area (Å²) < 4.78 is 4.89. The molecule has 0 heterocycles. The average molecular weight is 527 g/mol. The molecule has 0 saturated carbocycles. The first-order valence-electron chi connectivity index (χ1n) is 12.6. The van der Waals surface area contributed by atoms with Crippen molar-refractivity contribution < 1.29 is 29.0 Å². The van der Waals surface area contributed by atoms with E-state index in [2.05, 4.69) is 21.3 Å². The Hall–Kier alpha value is -3.76. The van der Waals surface area contributed by atoms with Gasteiger partial charge in [0.05, 0.1) is 12.6 Å². The molecular formula is C28H38N4O6. The smallest absolute Gasteiger partial charge is 0.251 e. The van der Waals surface area contributed by atoms with Crippen LogP contribution in [0.2, 0.25) is 0 Å². The SMILES string of the molecule is COCCNC(=O)C(O)C(NC(=O)C(C)NC(=O)C(Cc1ccccc1)NC(=O)c1ccccc1)C(C)C. The average Bonchev–Trinajstić information content (AvgIpc) is 2.91. The van der Waals surface area contributed by atoms with Gasteiger partial charge in [0.25, 0.3) is 11.8 Å². The largest absolute Gasteiger partial charge is 0.383 e. The van der Waals surface area contributed by atoms with Crippen molar-refractivity contribution in [2.75, 3.05) is 20.3 Å². The van der Waals surface area contributed by atoms with Gasteiger partial charge < -0.3 is 31.1 Å². The van der Waals surface area contributed by atoms with Crippen LogP contribution < -0.4 is 21.3 Å². The van der Waals surface area contributed by atoms with Crippen molar-refractivity contribution >= 4 is 23.6 Å². The molecule has 5 N–H and O–H groups in total. The number of methoxy groups -OCH3 is 1. The molecule has 0 aliphatic rings. The van der Waals surface area contributed by atoms with Crippen molar-refractivity contribution in [3.8, 4) is 0 Å². The fourth-order valence-electron chi connectivity index (χ4n) is 3.71. The molecule has 2 aromatic rings. The standard InChI is InChI=1S/C28H38N4O6/c1-18(2)23(24(33)28(37)29-15-16-38-4)32-25(34)19(3)30-27(36)22(17-20-11-7-5-8-12-20)31-26(35)21-13-9-6-10-14-21/h5-14,18-19,22-24,33H,15-17H2,1-4H3,(H,29,37)(H,30,36)(H,31,35)(H,32,34). The molecule has 2 rings (SSSR count). The molecule has 0 aliphatic carbocycles. The molecule has 206 valence electrons. The fourth-order valence-corrected chi connectivity index (χ4v) is 3.71. The number of hydrogen-bond donors (Lipinski definition) is 5.